The predicted octanol–water partition coefficient (Wildman–Crippen LogP) is 2.23. The zero-order chi connectivity index (χ0) is 17.8. The molecule has 0 saturated carbocycles. The molecule has 0 radical (unpaired) electrons. The van der Waals surface area contributed by atoms with E-state index in [1.807, 2.05) is 25.1 Å². The molecule has 1 saturated heterocycles. The average Bonchev–Trinajstić information content (AvgIpc) is 3.01. The van der Waals surface area contributed by atoms with Gasteiger partial charge >= 0.3 is 0 Å². The van der Waals surface area contributed by atoms with E-state index in [1.165, 1.54) is 0 Å². The number of piperazine rings is 1. The highest BCUT2D eigenvalue weighted by atomic mass is 16.5. The van der Waals surface area contributed by atoms with E-state index in [0.29, 0.717) is 17.3 Å². The van der Waals surface area contributed by atoms with E-state index >= 15 is 0 Å². The van der Waals surface area contributed by atoms with E-state index in [-0.39, 0.29) is 11.9 Å². The molecular formula is C18H24N4O3. The van der Waals surface area contributed by atoms with Crippen molar-refractivity contribution in [2.75, 3.05) is 36.4 Å². The normalized spacial score (nSPS) is 16.6. The molecule has 1 amide bonds. The minimum atomic E-state index is -0.205. The number of hydrogen-bond donors (Lipinski definition) is 2. The van der Waals surface area contributed by atoms with Gasteiger partial charge in [0.15, 0.2) is 5.82 Å². The third-order valence-corrected chi connectivity index (χ3v) is 4.55. The summed E-state index contributed by atoms with van der Waals surface area (Å²) < 4.78 is 4.99. The number of phenolic OH excluding ortho intramolecular Hbond substituents is 1. The maximum atomic E-state index is 12.6. The Bertz CT molecular complexity index is 723. The van der Waals surface area contributed by atoms with Crippen molar-refractivity contribution in [3.63, 3.8) is 0 Å². The number of rotatable bonds is 5. The van der Waals surface area contributed by atoms with Crippen molar-refractivity contribution in [1.29, 1.82) is 0 Å². The summed E-state index contributed by atoms with van der Waals surface area (Å²) >= 11 is 0. The van der Waals surface area contributed by atoms with Crippen LogP contribution in [0.2, 0.25) is 0 Å². The van der Waals surface area contributed by atoms with Gasteiger partial charge in [-0.05, 0) is 25.5 Å². The highest BCUT2D eigenvalue weighted by Crippen LogP contribution is 2.27. The van der Waals surface area contributed by atoms with Crippen LogP contribution in [-0.4, -0.2) is 53.3 Å². The summed E-state index contributed by atoms with van der Waals surface area (Å²) in [5.74, 6) is 1.35. The van der Waals surface area contributed by atoms with E-state index in [2.05, 4.69) is 20.3 Å². The van der Waals surface area contributed by atoms with Gasteiger partial charge in [-0.3, -0.25) is 9.69 Å². The molecule has 1 aliphatic heterocycles. The summed E-state index contributed by atoms with van der Waals surface area (Å²) in [5.41, 5.74) is 0.845. The van der Waals surface area contributed by atoms with E-state index in [0.717, 1.165) is 38.3 Å². The van der Waals surface area contributed by atoms with E-state index in [9.17, 15) is 9.90 Å². The number of hydrogen-bond acceptors (Lipinski definition) is 6. The summed E-state index contributed by atoms with van der Waals surface area (Å²) in [4.78, 5) is 16.9. The lowest BCUT2D eigenvalue weighted by molar-refractivity contribution is -0.121. The van der Waals surface area contributed by atoms with Gasteiger partial charge in [0.1, 0.15) is 11.5 Å². The maximum absolute atomic E-state index is 12.6. The van der Waals surface area contributed by atoms with Gasteiger partial charge in [-0.25, -0.2) is 0 Å². The lowest BCUT2D eigenvalue weighted by atomic mass is 10.1. The van der Waals surface area contributed by atoms with Gasteiger partial charge in [-0.1, -0.05) is 24.2 Å². The standard InChI is InChI=1S/C18H24N4O3/c1-3-14(18(24)19-17-12-13(2)25-20-17)21-8-10-22(11-9-21)15-6-4-5-7-16(15)23/h4-7,12,14,23H,3,8-11H2,1-2H3,(H,19,20,24)/t14-/m1/s1. The maximum Gasteiger partial charge on any atom is 0.242 e. The summed E-state index contributed by atoms with van der Waals surface area (Å²) in [7, 11) is 0. The van der Waals surface area contributed by atoms with Crippen LogP contribution in [-0.2, 0) is 4.79 Å². The largest absolute Gasteiger partial charge is 0.506 e. The zero-order valence-corrected chi connectivity index (χ0v) is 14.6. The molecule has 2 N–H and O–H groups in total. The number of phenols is 1. The molecule has 1 atom stereocenters. The fourth-order valence-corrected chi connectivity index (χ4v) is 3.25. The smallest absolute Gasteiger partial charge is 0.242 e. The fourth-order valence-electron chi connectivity index (χ4n) is 3.25. The van der Waals surface area contributed by atoms with Crippen LogP contribution in [0.15, 0.2) is 34.9 Å². The van der Waals surface area contributed by atoms with Crippen molar-refractivity contribution in [2.45, 2.75) is 26.3 Å². The molecule has 0 bridgehead atoms. The highest BCUT2D eigenvalue weighted by molar-refractivity contribution is 5.94. The summed E-state index contributed by atoms with van der Waals surface area (Å²) in [5, 5.41) is 16.6. The minimum absolute atomic E-state index is 0.0631. The molecule has 0 aliphatic carbocycles. The molecule has 0 spiro atoms. The molecule has 25 heavy (non-hydrogen) atoms. The number of carbonyl (C=O) groups excluding carboxylic acids is 1. The third kappa shape index (κ3) is 3.93. The monoisotopic (exact) mass is 344 g/mol. The number of anilines is 2. The molecule has 3 rings (SSSR count). The molecular weight excluding hydrogens is 320 g/mol. The molecule has 1 fully saturated rings. The first kappa shape index (κ1) is 17.3. The van der Waals surface area contributed by atoms with Gasteiger partial charge in [-0.2, -0.15) is 0 Å². The highest BCUT2D eigenvalue weighted by Gasteiger charge is 2.28. The molecule has 2 heterocycles. The van der Waals surface area contributed by atoms with E-state index in [4.69, 9.17) is 4.52 Å². The SMILES string of the molecule is CC[C@H](C(=O)Nc1cc(C)on1)N1CCN(c2ccccc2O)CC1. The Hall–Kier alpha value is -2.54. The second-order valence-electron chi connectivity index (χ2n) is 6.25. The molecule has 134 valence electrons. The minimum Gasteiger partial charge on any atom is -0.506 e. The lowest BCUT2D eigenvalue weighted by Crippen LogP contribution is -2.53. The van der Waals surface area contributed by atoms with E-state index < -0.39 is 0 Å². The topological polar surface area (TPSA) is 81.8 Å². The van der Waals surface area contributed by atoms with Crippen molar-refractivity contribution < 1.29 is 14.4 Å². The number of nitrogens with zero attached hydrogens (tertiary/aromatic N) is 3. The first-order chi connectivity index (χ1) is 12.1. The molecule has 1 aliphatic rings. The van der Waals surface area contributed by atoms with Crippen LogP contribution >= 0.6 is 0 Å². The van der Waals surface area contributed by atoms with Crippen molar-refractivity contribution in [3.05, 3.63) is 36.1 Å². The Morgan fingerprint density at radius 3 is 2.64 bits per heavy atom. The van der Waals surface area contributed by atoms with Gasteiger partial charge in [-0.15, -0.1) is 0 Å². The number of aromatic hydroxyl groups is 1. The van der Waals surface area contributed by atoms with Crippen molar-refractivity contribution in [2.24, 2.45) is 0 Å². The molecule has 2 aromatic rings. The van der Waals surface area contributed by atoms with Gasteiger partial charge in [0.05, 0.1) is 11.7 Å². The molecule has 7 heteroatoms. The number of nitrogens with one attached hydrogen (secondary N) is 1. The van der Waals surface area contributed by atoms with E-state index in [1.54, 1.807) is 19.1 Å². The molecule has 1 aromatic heterocycles. The predicted molar refractivity (Wildman–Crippen MR) is 95.8 cm³/mol. The van der Waals surface area contributed by atoms with Crippen LogP contribution in [0.5, 0.6) is 5.75 Å². The molecule has 0 unspecified atom stereocenters. The zero-order valence-electron chi connectivity index (χ0n) is 14.6. The van der Waals surface area contributed by atoms with Crippen LogP contribution in [0.25, 0.3) is 0 Å². The molecule has 7 nitrogen and oxygen atoms in total. The second kappa shape index (κ2) is 7.57. The van der Waals surface area contributed by atoms with Crippen LogP contribution in [0.4, 0.5) is 11.5 Å². The number of aryl methyl sites for hydroxylation is 1. The van der Waals surface area contributed by atoms with Gasteiger partial charge in [0.25, 0.3) is 0 Å². The Morgan fingerprint density at radius 1 is 1.32 bits per heavy atom. The summed E-state index contributed by atoms with van der Waals surface area (Å²) in [6.45, 7) is 6.86. The van der Waals surface area contributed by atoms with Crippen LogP contribution in [0.1, 0.15) is 19.1 Å². The van der Waals surface area contributed by atoms with Gasteiger partial charge in [0, 0.05) is 32.2 Å². The fraction of sp³-hybridized carbons (Fsp3) is 0.444. The Balaban J connectivity index is 1.60. The quantitative estimate of drug-likeness (QED) is 0.866. The second-order valence-corrected chi connectivity index (χ2v) is 6.25. The Labute approximate surface area is 147 Å². The summed E-state index contributed by atoms with van der Waals surface area (Å²) in [6, 6.07) is 8.86. The van der Waals surface area contributed by atoms with Crippen molar-refractivity contribution in [3.8, 4) is 5.75 Å². The lowest BCUT2D eigenvalue weighted by Gasteiger charge is -2.39. The average molecular weight is 344 g/mol. The first-order valence-corrected chi connectivity index (χ1v) is 8.59. The van der Waals surface area contributed by atoms with Crippen LogP contribution < -0.4 is 10.2 Å². The number of aromatic nitrogens is 1. The van der Waals surface area contributed by atoms with Crippen LogP contribution in [0.3, 0.4) is 0 Å². The Kier molecular flexibility index (Phi) is 5.23. The first-order valence-electron chi connectivity index (χ1n) is 8.59. The number of benzene rings is 1. The van der Waals surface area contributed by atoms with Gasteiger partial charge < -0.3 is 19.8 Å². The number of carbonyl (C=O) groups is 1. The van der Waals surface area contributed by atoms with Crippen molar-refractivity contribution in [1.82, 2.24) is 10.1 Å². The number of amides is 1. The molecule has 1 aromatic carbocycles. The Morgan fingerprint density at radius 2 is 2.04 bits per heavy atom. The number of para-hydroxylation sites is 2. The van der Waals surface area contributed by atoms with Gasteiger partial charge in [0.2, 0.25) is 5.91 Å². The third-order valence-electron chi connectivity index (χ3n) is 4.55. The summed E-state index contributed by atoms with van der Waals surface area (Å²) in [6.07, 6.45) is 0.721. The van der Waals surface area contributed by atoms with Crippen LogP contribution in [0, 0.1) is 6.92 Å². The van der Waals surface area contributed by atoms with Crippen molar-refractivity contribution >= 4 is 17.4 Å².